The monoisotopic (exact) mass is 262 g/mol. The van der Waals surface area contributed by atoms with Crippen molar-refractivity contribution >= 4 is 5.82 Å². The highest BCUT2D eigenvalue weighted by atomic mass is 15.3. The van der Waals surface area contributed by atoms with Gasteiger partial charge in [-0.05, 0) is 36.4 Å². The van der Waals surface area contributed by atoms with Crippen LogP contribution in [0.3, 0.4) is 0 Å². The lowest BCUT2D eigenvalue weighted by Crippen LogP contribution is -2.22. The molecule has 1 aliphatic heterocycles. The van der Waals surface area contributed by atoms with Gasteiger partial charge >= 0.3 is 0 Å². The number of rotatable bonds is 5. The molecule has 0 amide bonds. The molecule has 2 unspecified atom stereocenters. The van der Waals surface area contributed by atoms with Crippen molar-refractivity contribution in [1.29, 1.82) is 0 Å². The molecule has 4 heteroatoms. The summed E-state index contributed by atoms with van der Waals surface area (Å²) in [6.07, 6.45) is 0. The molecule has 0 aromatic carbocycles. The third-order valence-corrected chi connectivity index (χ3v) is 3.88. The van der Waals surface area contributed by atoms with Gasteiger partial charge in [0.25, 0.3) is 0 Å². The molecule has 0 spiro atoms. The fourth-order valence-corrected chi connectivity index (χ4v) is 2.42. The van der Waals surface area contributed by atoms with Gasteiger partial charge in [-0.15, -0.1) is 5.10 Å². The van der Waals surface area contributed by atoms with Crippen LogP contribution in [0.25, 0.3) is 0 Å². The molecule has 4 nitrogen and oxygen atoms in total. The molecule has 2 heterocycles. The topological polar surface area (TPSA) is 41.0 Å². The van der Waals surface area contributed by atoms with Crippen LogP contribution in [0.4, 0.5) is 5.82 Å². The first-order valence-corrected chi connectivity index (χ1v) is 7.34. The maximum Gasteiger partial charge on any atom is 0.151 e. The Labute approximate surface area is 116 Å². The van der Waals surface area contributed by atoms with Crippen LogP contribution in [0, 0.1) is 17.8 Å². The molecule has 1 fully saturated rings. The number of nitrogens with one attached hydrogen (secondary N) is 1. The van der Waals surface area contributed by atoms with Crippen molar-refractivity contribution < 1.29 is 0 Å². The minimum atomic E-state index is 0.666. The summed E-state index contributed by atoms with van der Waals surface area (Å²) in [5, 5.41) is 12.1. The number of nitrogens with zero attached hydrogens (tertiary/aromatic N) is 3. The van der Waals surface area contributed by atoms with Crippen LogP contribution in [0.15, 0.2) is 12.1 Å². The second-order valence-electron chi connectivity index (χ2n) is 6.27. The first kappa shape index (κ1) is 14.3. The SMILES string of the molecule is CC(C)CNCc1ccc(N2CC(C)C(C)C2)nn1. The Bertz CT molecular complexity index is 378. The smallest absolute Gasteiger partial charge is 0.151 e. The molecule has 0 radical (unpaired) electrons. The highest BCUT2D eigenvalue weighted by molar-refractivity contribution is 5.38. The summed E-state index contributed by atoms with van der Waals surface area (Å²) in [6, 6.07) is 4.19. The summed E-state index contributed by atoms with van der Waals surface area (Å²) in [7, 11) is 0. The summed E-state index contributed by atoms with van der Waals surface area (Å²) < 4.78 is 0. The molecule has 1 saturated heterocycles. The number of hydrogen-bond donors (Lipinski definition) is 1. The van der Waals surface area contributed by atoms with Gasteiger partial charge < -0.3 is 10.2 Å². The summed E-state index contributed by atoms with van der Waals surface area (Å²) in [5.74, 6) is 3.17. The van der Waals surface area contributed by atoms with Crippen molar-refractivity contribution in [3.8, 4) is 0 Å². The number of aromatic nitrogens is 2. The quantitative estimate of drug-likeness (QED) is 0.884. The van der Waals surface area contributed by atoms with Gasteiger partial charge in [0, 0.05) is 19.6 Å². The van der Waals surface area contributed by atoms with Crippen molar-refractivity contribution in [1.82, 2.24) is 15.5 Å². The fraction of sp³-hybridized carbons (Fsp3) is 0.733. The molecule has 0 saturated carbocycles. The van der Waals surface area contributed by atoms with E-state index in [1.165, 1.54) is 0 Å². The second kappa shape index (κ2) is 6.33. The maximum atomic E-state index is 4.36. The van der Waals surface area contributed by atoms with Crippen LogP contribution in [0.5, 0.6) is 0 Å². The molecule has 19 heavy (non-hydrogen) atoms. The molecule has 1 aromatic heterocycles. The third-order valence-electron chi connectivity index (χ3n) is 3.88. The largest absolute Gasteiger partial charge is 0.355 e. The average molecular weight is 262 g/mol. The first-order valence-electron chi connectivity index (χ1n) is 7.34. The number of hydrogen-bond acceptors (Lipinski definition) is 4. The fourth-order valence-electron chi connectivity index (χ4n) is 2.42. The van der Waals surface area contributed by atoms with E-state index in [0.29, 0.717) is 5.92 Å². The predicted molar refractivity (Wildman–Crippen MR) is 79.1 cm³/mol. The van der Waals surface area contributed by atoms with Crippen molar-refractivity contribution in [3.05, 3.63) is 17.8 Å². The van der Waals surface area contributed by atoms with Crippen molar-refractivity contribution in [2.24, 2.45) is 17.8 Å². The Balaban J connectivity index is 1.88. The zero-order chi connectivity index (χ0) is 13.8. The average Bonchev–Trinajstić information content (AvgIpc) is 2.70. The molecular weight excluding hydrogens is 236 g/mol. The van der Waals surface area contributed by atoms with E-state index in [1.54, 1.807) is 0 Å². The summed E-state index contributed by atoms with van der Waals surface area (Å²) >= 11 is 0. The Morgan fingerprint density at radius 1 is 1.21 bits per heavy atom. The van der Waals surface area contributed by atoms with Gasteiger partial charge in [-0.25, -0.2) is 0 Å². The van der Waals surface area contributed by atoms with Crippen LogP contribution in [0.1, 0.15) is 33.4 Å². The minimum absolute atomic E-state index is 0.666. The van der Waals surface area contributed by atoms with Crippen LogP contribution < -0.4 is 10.2 Å². The van der Waals surface area contributed by atoms with Crippen LogP contribution in [-0.2, 0) is 6.54 Å². The van der Waals surface area contributed by atoms with E-state index in [-0.39, 0.29) is 0 Å². The molecule has 106 valence electrons. The lowest BCUT2D eigenvalue weighted by Gasteiger charge is -2.16. The highest BCUT2D eigenvalue weighted by Crippen LogP contribution is 2.25. The van der Waals surface area contributed by atoms with Gasteiger partial charge in [0.2, 0.25) is 0 Å². The van der Waals surface area contributed by atoms with Gasteiger partial charge in [0.15, 0.2) is 5.82 Å². The Morgan fingerprint density at radius 2 is 1.89 bits per heavy atom. The Hall–Kier alpha value is -1.16. The number of anilines is 1. The van der Waals surface area contributed by atoms with E-state index in [2.05, 4.69) is 60.2 Å². The summed E-state index contributed by atoms with van der Waals surface area (Å²) in [5.41, 5.74) is 1.02. The van der Waals surface area contributed by atoms with Crippen molar-refractivity contribution in [2.45, 2.75) is 34.2 Å². The predicted octanol–water partition coefficient (Wildman–Crippen LogP) is 2.31. The molecule has 2 atom stereocenters. The normalized spacial score (nSPS) is 23.3. The molecule has 0 bridgehead atoms. The molecule has 2 rings (SSSR count). The van der Waals surface area contributed by atoms with E-state index in [0.717, 1.165) is 49.5 Å². The van der Waals surface area contributed by atoms with E-state index >= 15 is 0 Å². The highest BCUT2D eigenvalue weighted by Gasteiger charge is 2.26. The zero-order valence-corrected chi connectivity index (χ0v) is 12.6. The van der Waals surface area contributed by atoms with Crippen molar-refractivity contribution in [3.63, 3.8) is 0 Å². The minimum Gasteiger partial charge on any atom is -0.355 e. The molecule has 1 N–H and O–H groups in total. The van der Waals surface area contributed by atoms with Gasteiger partial charge in [0.1, 0.15) is 0 Å². The summed E-state index contributed by atoms with van der Waals surface area (Å²) in [4.78, 5) is 2.34. The van der Waals surface area contributed by atoms with Crippen LogP contribution in [0.2, 0.25) is 0 Å². The van der Waals surface area contributed by atoms with Gasteiger partial charge in [0.05, 0.1) is 5.69 Å². The Morgan fingerprint density at radius 3 is 2.42 bits per heavy atom. The Kier molecular flexibility index (Phi) is 4.75. The van der Waals surface area contributed by atoms with E-state index in [4.69, 9.17) is 0 Å². The van der Waals surface area contributed by atoms with Crippen LogP contribution >= 0.6 is 0 Å². The zero-order valence-electron chi connectivity index (χ0n) is 12.6. The van der Waals surface area contributed by atoms with E-state index in [9.17, 15) is 0 Å². The lowest BCUT2D eigenvalue weighted by atomic mass is 10.0. The van der Waals surface area contributed by atoms with Gasteiger partial charge in [-0.2, -0.15) is 5.10 Å². The molecule has 1 aliphatic rings. The molecule has 1 aromatic rings. The molecular formula is C15H26N4. The summed E-state index contributed by atoms with van der Waals surface area (Å²) in [6.45, 7) is 13.0. The second-order valence-corrected chi connectivity index (χ2v) is 6.27. The standard InChI is InChI=1S/C15H26N4/c1-11(2)7-16-8-14-5-6-15(18-17-14)19-9-12(3)13(4)10-19/h5-6,11-13,16H,7-10H2,1-4H3. The van der Waals surface area contributed by atoms with E-state index in [1.807, 2.05) is 0 Å². The lowest BCUT2D eigenvalue weighted by molar-refractivity contribution is 0.494. The van der Waals surface area contributed by atoms with Gasteiger partial charge in [-0.1, -0.05) is 27.7 Å². The third kappa shape index (κ3) is 3.90. The first-order chi connectivity index (χ1) is 9.06. The van der Waals surface area contributed by atoms with Gasteiger partial charge in [-0.3, -0.25) is 0 Å². The molecule has 0 aliphatic carbocycles. The van der Waals surface area contributed by atoms with E-state index < -0.39 is 0 Å². The maximum absolute atomic E-state index is 4.36. The van der Waals surface area contributed by atoms with Crippen molar-refractivity contribution in [2.75, 3.05) is 24.5 Å². The van der Waals surface area contributed by atoms with Crippen LogP contribution in [-0.4, -0.2) is 29.8 Å².